The Bertz CT molecular complexity index is 1090. The molecule has 13 heteroatoms. The second kappa shape index (κ2) is 13.2. The maximum atomic E-state index is 14.8. The highest BCUT2D eigenvalue weighted by Crippen LogP contribution is 2.67. The summed E-state index contributed by atoms with van der Waals surface area (Å²) in [5.41, 5.74) is -7.56. The highest BCUT2D eigenvalue weighted by atomic mass is 32.2. The van der Waals surface area contributed by atoms with Crippen LogP contribution in [0.15, 0.2) is 48.5 Å². The molecule has 0 radical (unpaired) electrons. The summed E-state index contributed by atoms with van der Waals surface area (Å²) < 4.78 is 97.8. The third kappa shape index (κ3) is 7.69. The van der Waals surface area contributed by atoms with Crippen LogP contribution in [0.5, 0.6) is 0 Å². The number of thioether (sulfide) groups is 1. The minimum absolute atomic E-state index is 0.189. The average Bonchev–Trinajstić information content (AvgIpc) is 2.84. The van der Waals surface area contributed by atoms with Crippen LogP contribution in [-0.4, -0.2) is 24.2 Å². The van der Waals surface area contributed by atoms with Gasteiger partial charge in [0.05, 0.1) is 19.3 Å². The van der Waals surface area contributed by atoms with Crippen LogP contribution in [0.4, 0.5) is 17.6 Å². The van der Waals surface area contributed by atoms with Crippen LogP contribution in [0, 0.1) is 0 Å². The van der Waals surface area contributed by atoms with Crippen LogP contribution >= 0.6 is 27.0 Å². The van der Waals surface area contributed by atoms with Crippen molar-refractivity contribution in [2.75, 3.05) is 13.2 Å². The van der Waals surface area contributed by atoms with Crippen LogP contribution in [0.3, 0.4) is 0 Å². The molecular weight excluding hydrogens is 554 g/mol. The van der Waals surface area contributed by atoms with Crippen molar-refractivity contribution in [3.8, 4) is 0 Å². The van der Waals surface area contributed by atoms with Gasteiger partial charge in [-0.05, 0) is 38.3 Å². The summed E-state index contributed by atoms with van der Waals surface area (Å²) in [6, 6.07) is 10.4. The number of hydrogen-bond donors (Lipinski definition) is 1. The molecule has 0 amide bonds. The zero-order valence-corrected chi connectivity index (χ0v) is 23.6. The van der Waals surface area contributed by atoms with Gasteiger partial charge >= 0.3 is 26.5 Å². The Morgan fingerprint density at radius 3 is 1.59 bits per heavy atom. The molecule has 37 heavy (non-hydrogen) atoms. The van der Waals surface area contributed by atoms with E-state index in [-0.39, 0.29) is 13.2 Å². The molecule has 0 bridgehead atoms. The first-order chi connectivity index (χ1) is 17.2. The largest absolute Gasteiger partial charge is 0.404 e. The van der Waals surface area contributed by atoms with E-state index < -0.39 is 43.7 Å². The third-order valence-electron chi connectivity index (χ3n) is 5.33. The molecule has 2 unspecified atom stereocenters. The van der Waals surface area contributed by atoms with E-state index in [1.165, 1.54) is 68.9 Å². The molecule has 2 rings (SSSR count). The van der Waals surface area contributed by atoms with Crippen LogP contribution < -0.4 is 0 Å². The highest BCUT2D eigenvalue weighted by Gasteiger charge is 2.55. The minimum atomic E-state index is -5.23. The van der Waals surface area contributed by atoms with E-state index in [1.807, 2.05) is 0 Å². The molecule has 2 aromatic carbocycles. The Labute approximate surface area is 219 Å². The summed E-state index contributed by atoms with van der Waals surface area (Å²) in [5.74, 6) is 0.862. The number of benzene rings is 2. The summed E-state index contributed by atoms with van der Waals surface area (Å²) in [5, 5.41) is 0. The van der Waals surface area contributed by atoms with Crippen molar-refractivity contribution in [1.29, 1.82) is 0 Å². The number of halogens is 4. The lowest BCUT2D eigenvalue weighted by Crippen LogP contribution is -2.19. The molecule has 208 valence electrons. The molecule has 0 aliphatic rings. The second-order valence-corrected chi connectivity index (χ2v) is 13.0. The highest BCUT2D eigenvalue weighted by molar-refractivity contribution is 7.97. The fourth-order valence-electron chi connectivity index (χ4n) is 3.13. The minimum Gasteiger partial charge on any atom is -0.320 e. The summed E-state index contributed by atoms with van der Waals surface area (Å²) in [4.78, 5) is 9.80. The van der Waals surface area contributed by atoms with Gasteiger partial charge in [0.2, 0.25) is 0 Å². The van der Waals surface area contributed by atoms with Gasteiger partial charge in [-0.15, -0.1) is 0 Å². The first-order valence-electron chi connectivity index (χ1n) is 11.7. The first kappa shape index (κ1) is 32.0. The topological polar surface area (TPSA) is 82.1 Å². The molecule has 0 aromatic heterocycles. The van der Waals surface area contributed by atoms with E-state index in [1.54, 1.807) is 6.92 Å². The maximum Gasteiger partial charge on any atom is 0.404 e. The average molecular weight is 587 g/mol. The van der Waals surface area contributed by atoms with Gasteiger partial charge in [0.1, 0.15) is 0 Å². The maximum absolute atomic E-state index is 14.8. The summed E-state index contributed by atoms with van der Waals surface area (Å²) in [6.45, 7) is 5.63. The van der Waals surface area contributed by atoms with E-state index >= 15 is 0 Å². The number of alkyl halides is 4. The number of hydrogen-bond acceptors (Lipinski definition) is 6. The van der Waals surface area contributed by atoms with Gasteiger partial charge in [-0.2, -0.15) is 29.3 Å². The molecule has 0 aliphatic carbocycles. The predicted octanol–water partition coefficient (Wildman–Crippen LogP) is 8.49. The van der Waals surface area contributed by atoms with Gasteiger partial charge in [-0.1, -0.05) is 55.5 Å². The zero-order chi connectivity index (χ0) is 27.9. The zero-order valence-electron chi connectivity index (χ0n) is 21.0. The van der Waals surface area contributed by atoms with Crippen LogP contribution in [0.25, 0.3) is 0 Å². The normalized spacial score (nSPS) is 15.4. The Kier molecular flexibility index (Phi) is 11.5. The second-order valence-electron chi connectivity index (χ2n) is 8.15. The van der Waals surface area contributed by atoms with Crippen LogP contribution in [-0.2, 0) is 45.5 Å². The first-order valence-corrected chi connectivity index (χ1v) is 15.9. The molecule has 1 N–H and O–H groups in total. The molecule has 2 atom stereocenters. The molecule has 0 aliphatic heterocycles. The van der Waals surface area contributed by atoms with Crippen molar-refractivity contribution in [3.63, 3.8) is 0 Å². The van der Waals surface area contributed by atoms with Crippen molar-refractivity contribution in [1.82, 2.24) is 0 Å². The van der Waals surface area contributed by atoms with Gasteiger partial charge in [-0.25, -0.2) is 0 Å². The standard InChI is InChI=1S/C24H32F4O6P2S/c1-5-18(4)34-35(29,30)23(25,26)21-12-8-19(9-13-21)16-37-17-20-10-14-22(15-11-20)24(27,28)36(31,32-6-2)33-7-3/h8-15,18H,5-7,16-17H2,1-4H3,(H,29,30). The predicted molar refractivity (Wildman–Crippen MR) is 137 cm³/mol. The molecular formula is C24H32F4O6P2S. The number of rotatable bonds is 15. The molecule has 0 spiro atoms. The Morgan fingerprint density at radius 2 is 1.22 bits per heavy atom. The smallest absolute Gasteiger partial charge is 0.320 e. The van der Waals surface area contributed by atoms with Crippen molar-refractivity contribution in [2.45, 2.75) is 63.1 Å². The van der Waals surface area contributed by atoms with Gasteiger partial charge in [-0.3, -0.25) is 9.13 Å². The van der Waals surface area contributed by atoms with Crippen molar-refractivity contribution >= 4 is 27.0 Å². The van der Waals surface area contributed by atoms with Crippen LogP contribution in [0.1, 0.15) is 56.4 Å². The van der Waals surface area contributed by atoms with Gasteiger partial charge in [0.25, 0.3) is 0 Å². The molecule has 0 fully saturated rings. The Balaban J connectivity index is 2.01. The fraction of sp³-hybridized carbons (Fsp3) is 0.500. The Hall–Kier alpha value is -1.19. The van der Waals surface area contributed by atoms with Gasteiger partial charge < -0.3 is 18.5 Å². The molecule has 0 saturated carbocycles. The van der Waals surface area contributed by atoms with Gasteiger partial charge in [0, 0.05) is 22.6 Å². The molecule has 2 aromatic rings. The molecule has 0 saturated heterocycles. The summed E-state index contributed by atoms with van der Waals surface area (Å²) in [7, 11) is -9.92. The Morgan fingerprint density at radius 1 is 0.811 bits per heavy atom. The SMILES string of the molecule is CCOP(=O)(OCC)C(F)(F)c1ccc(CSCc2ccc(C(F)(F)P(=O)(O)OC(C)CC)cc2)cc1. The van der Waals surface area contributed by atoms with E-state index in [0.29, 0.717) is 23.5 Å². The monoisotopic (exact) mass is 586 g/mol. The molecule has 0 heterocycles. The lowest BCUT2D eigenvalue weighted by molar-refractivity contribution is 0.0347. The third-order valence-corrected chi connectivity index (χ3v) is 10.2. The van der Waals surface area contributed by atoms with E-state index in [4.69, 9.17) is 13.6 Å². The van der Waals surface area contributed by atoms with E-state index in [2.05, 4.69) is 0 Å². The van der Waals surface area contributed by atoms with Crippen LogP contribution in [0.2, 0.25) is 0 Å². The lowest BCUT2D eigenvalue weighted by atomic mass is 10.1. The van der Waals surface area contributed by atoms with E-state index in [0.717, 1.165) is 17.7 Å². The van der Waals surface area contributed by atoms with Crippen molar-refractivity contribution in [2.24, 2.45) is 0 Å². The van der Waals surface area contributed by atoms with E-state index in [9.17, 15) is 31.6 Å². The fourth-order valence-corrected chi connectivity index (χ4v) is 6.88. The lowest BCUT2D eigenvalue weighted by Gasteiger charge is -2.26. The molecule has 6 nitrogen and oxygen atoms in total. The summed E-state index contributed by atoms with van der Waals surface area (Å²) in [6.07, 6.45) is -0.486. The van der Waals surface area contributed by atoms with Crippen molar-refractivity contribution in [3.05, 3.63) is 70.8 Å². The summed E-state index contributed by atoms with van der Waals surface area (Å²) >= 11 is 1.42. The van der Waals surface area contributed by atoms with Gasteiger partial charge in [0.15, 0.2) is 0 Å². The van der Waals surface area contributed by atoms with Crippen molar-refractivity contribution < 1.29 is 45.2 Å². The quantitative estimate of drug-likeness (QED) is 0.166.